The van der Waals surface area contributed by atoms with Crippen LogP contribution in [-0.2, 0) is 11.3 Å². The molecule has 0 unspecified atom stereocenters. The van der Waals surface area contributed by atoms with Crippen molar-refractivity contribution in [3.8, 4) is 5.75 Å². The van der Waals surface area contributed by atoms with Crippen LogP contribution in [0.25, 0.3) is 10.8 Å². The van der Waals surface area contributed by atoms with E-state index in [9.17, 15) is 9.90 Å². The van der Waals surface area contributed by atoms with Crippen LogP contribution in [0.3, 0.4) is 0 Å². The quantitative estimate of drug-likeness (QED) is 0.373. The van der Waals surface area contributed by atoms with Crippen LogP contribution in [0, 0.1) is 5.41 Å². The van der Waals surface area contributed by atoms with Crippen molar-refractivity contribution >= 4 is 16.7 Å². The molecule has 36 heavy (non-hydrogen) atoms. The lowest BCUT2D eigenvalue weighted by Gasteiger charge is -2.51. The zero-order chi connectivity index (χ0) is 24.6. The minimum Gasteiger partial charge on any atom is -0.490 e. The molecule has 4 aliphatic carbocycles. The second kappa shape index (κ2) is 9.55. The van der Waals surface area contributed by atoms with Gasteiger partial charge in [-0.2, -0.15) is 0 Å². The summed E-state index contributed by atoms with van der Waals surface area (Å²) < 4.78 is 6.41. The van der Waals surface area contributed by atoms with E-state index in [2.05, 4.69) is 72.0 Å². The Hall–Kier alpha value is -2.85. The highest BCUT2D eigenvalue weighted by Gasteiger charge is 2.52. The highest BCUT2D eigenvalue weighted by molar-refractivity contribution is 5.84. The van der Waals surface area contributed by atoms with Crippen molar-refractivity contribution in [2.75, 3.05) is 0 Å². The van der Waals surface area contributed by atoms with E-state index in [-0.39, 0.29) is 5.54 Å². The SMILES string of the molecule is O=C(O)C12CCC(NCc3ccc4cc(OC5CCC(c6ccccc6)CC5)ccc4c3)(CC1)CC2. The van der Waals surface area contributed by atoms with Gasteiger partial charge in [0.25, 0.3) is 0 Å². The molecule has 188 valence electrons. The fourth-order valence-corrected chi connectivity index (χ4v) is 6.95. The molecule has 2 bridgehead atoms. The first-order valence-corrected chi connectivity index (χ1v) is 13.8. The average molecular weight is 484 g/mol. The first-order valence-electron chi connectivity index (χ1n) is 13.8. The van der Waals surface area contributed by atoms with Crippen molar-refractivity contribution < 1.29 is 14.6 Å². The Morgan fingerprint density at radius 1 is 0.833 bits per heavy atom. The molecule has 0 saturated heterocycles. The molecule has 4 aliphatic rings. The Bertz CT molecular complexity index is 1200. The first-order chi connectivity index (χ1) is 17.5. The van der Waals surface area contributed by atoms with Gasteiger partial charge in [0.1, 0.15) is 5.75 Å². The molecule has 0 aromatic heterocycles. The van der Waals surface area contributed by atoms with E-state index < -0.39 is 11.4 Å². The summed E-state index contributed by atoms with van der Waals surface area (Å²) in [7, 11) is 0. The van der Waals surface area contributed by atoms with Gasteiger partial charge in [-0.25, -0.2) is 0 Å². The number of carboxylic acid groups (broad SMARTS) is 1. The zero-order valence-corrected chi connectivity index (χ0v) is 21.0. The third-order valence-electron chi connectivity index (χ3n) is 9.49. The van der Waals surface area contributed by atoms with E-state index in [0.717, 1.165) is 63.7 Å². The molecule has 4 saturated carbocycles. The summed E-state index contributed by atoms with van der Waals surface area (Å²) in [4.78, 5) is 11.7. The predicted octanol–water partition coefficient (Wildman–Crippen LogP) is 7.21. The number of rotatable bonds is 7. The Balaban J connectivity index is 1.04. The topological polar surface area (TPSA) is 58.6 Å². The molecule has 0 heterocycles. The lowest BCUT2D eigenvalue weighted by Crippen LogP contribution is -2.56. The van der Waals surface area contributed by atoms with Crippen molar-refractivity contribution in [1.29, 1.82) is 0 Å². The number of carboxylic acids is 1. The van der Waals surface area contributed by atoms with Crippen molar-refractivity contribution in [3.05, 3.63) is 77.9 Å². The summed E-state index contributed by atoms with van der Waals surface area (Å²) in [6.07, 6.45) is 10.2. The lowest BCUT2D eigenvalue weighted by molar-refractivity contribution is -0.156. The Labute approximate surface area is 214 Å². The molecule has 4 heteroatoms. The van der Waals surface area contributed by atoms with Gasteiger partial charge in [0.05, 0.1) is 11.5 Å². The molecular formula is C32H37NO3. The number of benzene rings is 3. The van der Waals surface area contributed by atoms with Gasteiger partial charge in [-0.3, -0.25) is 4.79 Å². The van der Waals surface area contributed by atoms with Crippen LogP contribution in [0.1, 0.15) is 81.3 Å². The first kappa shape index (κ1) is 23.5. The fourth-order valence-electron chi connectivity index (χ4n) is 6.95. The number of ether oxygens (including phenoxy) is 1. The second-order valence-corrected chi connectivity index (χ2v) is 11.6. The minimum absolute atomic E-state index is 0.114. The van der Waals surface area contributed by atoms with Crippen molar-refractivity contribution in [2.45, 2.75) is 88.3 Å². The number of aliphatic carboxylic acids is 1. The van der Waals surface area contributed by atoms with Gasteiger partial charge in [-0.1, -0.05) is 48.5 Å². The van der Waals surface area contributed by atoms with E-state index in [1.807, 2.05) is 0 Å². The van der Waals surface area contributed by atoms with E-state index in [1.54, 1.807) is 0 Å². The molecule has 0 amide bonds. The Morgan fingerprint density at radius 3 is 2.19 bits per heavy atom. The van der Waals surface area contributed by atoms with Crippen LogP contribution in [0.4, 0.5) is 0 Å². The Morgan fingerprint density at radius 2 is 1.50 bits per heavy atom. The number of carbonyl (C=O) groups is 1. The van der Waals surface area contributed by atoms with Crippen LogP contribution in [0.5, 0.6) is 5.75 Å². The summed E-state index contributed by atoms with van der Waals surface area (Å²) in [5.74, 6) is 1.05. The maximum Gasteiger partial charge on any atom is 0.309 e. The third-order valence-corrected chi connectivity index (χ3v) is 9.49. The zero-order valence-electron chi connectivity index (χ0n) is 21.0. The molecule has 2 N–H and O–H groups in total. The standard InChI is InChI=1S/C32H37NO3/c34-30(35)31-14-17-32(18-15-31,19-16-31)33-22-23-6-7-27-21-29(13-10-26(27)20-23)36-28-11-8-25(9-12-28)24-4-2-1-3-5-24/h1-7,10,13,20-21,25,28,33H,8-9,11-12,14-19,22H2,(H,34,35). The second-order valence-electron chi connectivity index (χ2n) is 11.6. The number of nitrogens with one attached hydrogen (secondary N) is 1. The molecule has 7 rings (SSSR count). The number of fused-ring (bicyclic) bond motifs is 4. The van der Waals surface area contributed by atoms with Crippen molar-refractivity contribution in [1.82, 2.24) is 5.32 Å². The average Bonchev–Trinajstić information content (AvgIpc) is 2.94. The van der Waals surface area contributed by atoms with E-state index in [0.29, 0.717) is 12.0 Å². The predicted molar refractivity (Wildman–Crippen MR) is 143 cm³/mol. The van der Waals surface area contributed by atoms with Gasteiger partial charge in [0, 0.05) is 12.1 Å². The third kappa shape index (κ3) is 4.64. The Kier molecular flexibility index (Phi) is 6.25. The van der Waals surface area contributed by atoms with Crippen LogP contribution in [0.15, 0.2) is 66.7 Å². The summed E-state index contributed by atoms with van der Waals surface area (Å²) in [6.45, 7) is 0.832. The van der Waals surface area contributed by atoms with Crippen LogP contribution >= 0.6 is 0 Å². The maximum absolute atomic E-state index is 11.7. The normalized spacial score (nSPS) is 29.8. The van der Waals surface area contributed by atoms with Crippen molar-refractivity contribution in [2.24, 2.45) is 5.41 Å². The smallest absolute Gasteiger partial charge is 0.309 e. The molecule has 3 aromatic carbocycles. The number of hydrogen-bond acceptors (Lipinski definition) is 3. The minimum atomic E-state index is -0.589. The molecule has 3 aromatic rings. The monoisotopic (exact) mass is 483 g/mol. The molecule has 4 nitrogen and oxygen atoms in total. The molecule has 0 radical (unpaired) electrons. The van der Waals surface area contributed by atoms with Gasteiger partial charge in [-0.05, 0) is 110 Å². The van der Waals surface area contributed by atoms with Gasteiger partial charge in [0.2, 0.25) is 0 Å². The van der Waals surface area contributed by atoms with Crippen LogP contribution in [-0.4, -0.2) is 22.7 Å². The van der Waals surface area contributed by atoms with Crippen molar-refractivity contribution in [3.63, 3.8) is 0 Å². The maximum atomic E-state index is 11.7. The van der Waals surface area contributed by atoms with Gasteiger partial charge < -0.3 is 15.2 Å². The number of hydrogen-bond donors (Lipinski definition) is 2. The molecule has 0 aliphatic heterocycles. The summed E-state index contributed by atoms with van der Waals surface area (Å²) >= 11 is 0. The molecule has 4 fully saturated rings. The van der Waals surface area contributed by atoms with E-state index >= 15 is 0 Å². The van der Waals surface area contributed by atoms with Gasteiger partial charge in [0.15, 0.2) is 0 Å². The summed E-state index contributed by atoms with van der Waals surface area (Å²) in [6, 6.07) is 24.1. The lowest BCUT2D eigenvalue weighted by atomic mass is 9.57. The van der Waals surface area contributed by atoms with Gasteiger partial charge >= 0.3 is 5.97 Å². The highest BCUT2D eigenvalue weighted by atomic mass is 16.5. The van der Waals surface area contributed by atoms with E-state index in [1.165, 1.54) is 34.7 Å². The molecule has 0 spiro atoms. The molecule has 0 atom stereocenters. The fraction of sp³-hybridized carbons (Fsp3) is 0.469. The van der Waals surface area contributed by atoms with Crippen LogP contribution in [0.2, 0.25) is 0 Å². The highest BCUT2D eigenvalue weighted by Crippen LogP contribution is 2.52. The summed E-state index contributed by atoms with van der Waals surface area (Å²) in [5.41, 5.74) is 2.41. The molecular weight excluding hydrogens is 446 g/mol. The summed E-state index contributed by atoms with van der Waals surface area (Å²) in [5, 5.41) is 15.9. The van der Waals surface area contributed by atoms with Gasteiger partial charge in [-0.15, -0.1) is 0 Å². The largest absolute Gasteiger partial charge is 0.490 e. The van der Waals surface area contributed by atoms with Crippen LogP contribution < -0.4 is 10.1 Å². The van der Waals surface area contributed by atoms with E-state index in [4.69, 9.17) is 4.74 Å².